The Kier molecular flexibility index (Phi) is 3.04. The number of benzene rings is 3. The van der Waals surface area contributed by atoms with Crippen molar-refractivity contribution in [2.75, 3.05) is 0 Å². The summed E-state index contributed by atoms with van der Waals surface area (Å²) in [5, 5.41) is 5.32. The van der Waals surface area contributed by atoms with Crippen LogP contribution in [0.2, 0.25) is 0 Å². The van der Waals surface area contributed by atoms with Crippen molar-refractivity contribution in [3.8, 4) is 0 Å². The maximum Gasteiger partial charge on any atom is 0.137 e. The second kappa shape index (κ2) is 5.37. The van der Waals surface area contributed by atoms with Crippen LogP contribution in [0.25, 0.3) is 43.6 Å². The van der Waals surface area contributed by atoms with Crippen LogP contribution in [0.4, 0.5) is 0 Å². The Morgan fingerprint density at radius 1 is 0.630 bits per heavy atom. The van der Waals surface area contributed by atoms with E-state index in [2.05, 4.69) is 69.8 Å². The topological polar surface area (TPSA) is 19.1 Å². The molecule has 5 aromatic rings. The van der Waals surface area contributed by atoms with Crippen molar-refractivity contribution in [1.82, 2.24) is 9.13 Å². The summed E-state index contributed by atoms with van der Waals surface area (Å²) >= 11 is 0. The number of rotatable bonds is 0. The van der Waals surface area contributed by atoms with E-state index < -0.39 is 0 Å². The van der Waals surface area contributed by atoms with Crippen LogP contribution in [0, 0.1) is 0 Å². The van der Waals surface area contributed by atoms with Crippen LogP contribution < -0.4 is 0 Å². The summed E-state index contributed by atoms with van der Waals surface area (Å²) in [6.07, 6.45) is 2.41. The molecule has 1 saturated heterocycles. The number of hydrogen-bond acceptors (Lipinski definition) is 1. The predicted octanol–water partition coefficient (Wildman–Crippen LogP) is 6.75. The van der Waals surface area contributed by atoms with Gasteiger partial charge in [-0.2, -0.15) is 0 Å². The highest BCUT2D eigenvalue weighted by molar-refractivity contribution is 6.22. The fourth-order valence-corrected chi connectivity index (χ4v) is 5.15. The molecule has 134 valence electrons. The average Bonchev–Trinajstić information content (AvgIpc) is 3.37. The van der Waals surface area contributed by atoms with Crippen molar-refractivity contribution in [1.29, 1.82) is 0 Å². The molecule has 2 aromatic heterocycles. The highest BCUT2D eigenvalue weighted by Crippen LogP contribution is 2.49. The van der Waals surface area contributed by atoms with E-state index in [1.807, 2.05) is 13.8 Å². The molecule has 0 N–H and O–H groups in total. The van der Waals surface area contributed by atoms with E-state index in [0.29, 0.717) is 0 Å². The van der Waals surface area contributed by atoms with E-state index >= 15 is 0 Å². The lowest BCUT2D eigenvalue weighted by Crippen LogP contribution is -2.07. The number of aromatic nitrogens is 2. The van der Waals surface area contributed by atoms with Gasteiger partial charge in [-0.05, 0) is 25.0 Å². The molecule has 3 aromatic carbocycles. The Bertz CT molecular complexity index is 1240. The number of hydrogen-bond donors (Lipinski definition) is 0. The molecule has 2 bridgehead atoms. The summed E-state index contributed by atoms with van der Waals surface area (Å²) in [6.45, 7) is 4.00. The zero-order chi connectivity index (χ0) is 18.1. The van der Waals surface area contributed by atoms with Crippen LogP contribution in [0.3, 0.4) is 0 Å². The second-order valence-corrected chi connectivity index (χ2v) is 7.25. The molecular weight excluding hydrogens is 332 g/mol. The van der Waals surface area contributed by atoms with Crippen LogP contribution in [-0.2, 0) is 4.74 Å². The van der Waals surface area contributed by atoms with Crippen molar-refractivity contribution in [3.63, 3.8) is 0 Å². The zero-order valence-corrected chi connectivity index (χ0v) is 15.6. The summed E-state index contributed by atoms with van der Waals surface area (Å²) in [5.41, 5.74) is 5.24. The Hall–Kier alpha value is -2.78. The van der Waals surface area contributed by atoms with Gasteiger partial charge in [0.05, 0.1) is 22.1 Å². The first-order chi connectivity index (χ1) is 13.4. The van der Waals surface area contributed by atoms with Gasteiger partial charge in [0.15, 0.2) is 0 Å². The number of fused-ring (bicyclic) bond motifs is 10. The number of ether oxygens (including phenoxy) is 1. The lowest BCUT2D eigenvalue weighted by molar-refractivity contribution is -0.0229. The van der Waals surface area contributed by atoms with E-state index in [4.69, 9.17) is 4.74 Å². The maximum absolute atomic E-state index is 6.54. The molecule has 4 heterocycles. The van der Waals surface area contributed by atoms with E-state index in [1.54, 1.807) is 0 Å². The van der Waals surface area contributed by atoms with E-state index in [-0.39, 0.29) is 12.5 Å². The van der Waals surface area contributed by atoms with Gasteiger partial charge in [-0.15, -0.1) is 0 Å². The van der Waals surface area contributed by atoms with Crippen LogP contribution in [0.5, 0.6) is 0 Å². The van der Waals surface area contributed by atoms with Crippen LogP contribution in [-0.4, -0.2) is 9.13 Å². The number of para-hydroxylation sites is 2. The molecule has 1 fully saturated rings. The van der Waals surface area contributed by atoms with Crippen molar-refractivity contribution in [2.45, 2.75) is 39.1 Å². The molecular formula is C24H22N2O. The molecule has 7 rings (SSSR count). The predicted molar refractivity (Wildman–Crippen MR) is 112 cm³/mol. The summed E-state index contributed by atoms with van der Waals surface area (Å²) in [4.78, 5) is 0. The standard InChI is InChI=1S/C22H16N2O.C2H6/c1-3-7-17-13(5-1)15-9-10-16-14-6-2-4-8-18(14)24-20-12-11-19(25-20)23(17)21(15)22(16)24;1-2/h1-10,19-20H,11-12H2;1-2H3. The maximum atomic E-state index is 6.54. The Labute approximate surface area is 157 Å². The minimum absolute atomic E-state index is 0.136. The SMILES string of the molecule is CC.c1ccc2c(c1)c1ccc3c4ccccc4n4c3c1n2C1CCC4O1. The van der Waals surface area contributed by atoms with Gasteiger partial charge < -0.3 is 13.9 Å². The summed E-state index contributed by atoms with van der Waals surface area (Å²) < 4.78 is 11.5. The van der Waals surface area contributed by atoms with Crippen LogP contribution in [0.15, 0.2) is 60.7 Å². The van der Waals surface area contributed by atoms with Gasteiger partial charge in [0.2, 0.25) is 0 Å². The third kappa shape index (κ3) is 1.75. The Morgan fingerprint density at radius 3 is 1.56 bits per heavy atom. The van der Waals surface area contributed by atoms with Crippen molar-refractivity contribution in [2.24, 2.45) is 0 Å². The van der Waals surface area contributed by atoms with Gasteiger partial charge in [-0.25, -0.2) is 0 Å². The molecule has 0 spiro atoms. The first-order valence-corrected chi connectivity index (χ1v) is 10.0. The van der Waals surface area contributed by atoms with Crippen LogP contribution >= 0.6 is 0 Å². The normalized spacial score (nSPS) is 20.5. The van der Waals surface area contributed by atoms with Crippen molar-refractivity contribution >= 4 is 43.6 Å². The molecule has 0 radical (unpaired) electrons. The summed E-state index contributed by atoms with van der Waals surface area (Å²) in [5.74, 6) is 0. The minimum atomic E-state index is 0.136. The number of nitrogens with zero attached hydrogens (tertiary/aromatic N) is 2. The van der Waals surface area contributed by atoms with Gasteiger partial charge in [-0.1, -0.05) is 62.4 Å². The third-order valence-corrected chi connectivity index (χ3v) is 6.09. The first-order valence-electron chi connectivity index (χ1n) is 10.0. The van der Waals surface area contributed by atoms with E-state index in [0.717, 1.165) is 12.8 Å². The lowest BCUT2D eigenvalue weighted by Gasteiger charge is -2.15. The molecule has 2 atom stereocenters. The summed E-state index contributed by atoms with van der Waals surface area (Å²) in [6, 6.07) is 22.1. The first kappa shape index (κ1) is 15.3. The van der Waals surface area contributed by atoms with Gasteiger partial charge in [0, 0.05) is 21.5 Å². The smallest absolute Gasteiger partial charge is 0.137 e. The molecule has 2 unspecified atom stereocenters. The molecule has 2 aliphatic rings. The quantitative estimate of drug-likeness (QED) is 0.301. The van der Waals surface area contributed by atoms with Gasteiger partial charge >= 0.3 is 0 Å². The molecule has 3 heteroatoms. The highest BCUT2D eigenvalue weighted by atomic mass is 16.5. The molecule has 0 amide bonds. The van der Waals surface area contributed by atoms with E-state index in [1.165, 1.54) is 43.6 Å². The van der Waals surface area contributed by atoms with Gasteiger partial charge in [0.1, 0.15) is 12.5 Å². The molecule has 2 aliphatic heterocycles. The largest absolute Gasteiger partial charge is 0.335 e. The average molecular weight is 354 g/mol. The van der Waals surface area contributed by atoms with Crippen LogP contribution in [0.1, 0.15) is 39.1 Å². The zero-order valence-electron chi connectivity index (χ0n) is 15.6. The monoisotopic (exact) mass is 354 g/mol. The fraction of sp³-hybridized carbons (Fsp3) is 0.250. The van der Waals surface area contributed by atoms with E-state index in [9.17, 15) is 0 Å². The fourth-order valence-electron chi connectivity index (χ4n) is 5.15. The van der Waals surface area contributed by atoms with Gasteiger partial charge in [-0.3, -0.25) is 0 Å². The van der Waals surface area contributed by atoms with Crippen molar-refractivity contribution < 1.29 is 4.74 Å². The summed E-state index contributed by atoms with van der Waals surface area (Å²) in [7, 11) is 0. The van der Waals surface area contributed by atoms with Crippen molar-refractivity contribution in [3.05, 3.63) is 60.7 Å². The lowest BCUT2D eigenvalue weighted by atomic mass is 10.1. The highest BCUT2D eigenvalue weighted by Gasteiger charge is 2.36. The Balaban J connectivity index is 0.000000710. The molecule has 0 saturated carbocycles. The molecule has 0 aliphatic carbocycles. The Morgan fingerprint density at radius 2 is 1.07 bits per heavy atom. The minimum Gasteiger partial charge on any atom is -0.335 e. The second-order valence-electron chi connectivity index (χ2n) is 7.25. The molecule has 27 heavy (non-hydrogen) atoms. The third-order valence-electron chi connectivity index (χ3n) is 6.09. The van der Waals surface area contributed by atoms with Gasteiger partial charge in [0.25, 0.3) is 0 Å². The molecule has 3 nitrogen and oxygen atoms in total.